The first kappa shape index (κ1) is 13.3. The Balaban J connectivity index is 3.60. The van der Waals surface area contributed by atoms with Crippen molar-refractivity contribution in [2.75, 3.05) is 12.3 Å². The molecule has 0 aromatic heterocycles. The maximum absolute atomic E-state index is 10.8. The SMILES string of the molecule is O=C(Cl)CCC(=O)NCCS(=O)(=O)O. The van der Waals surface area contributed by atoms with Gasteiger partial charge in [0.15, 0.2) is 0 Å². The minimum Gasteiger partial charge on any atom is -0.355 e. The highest BCUT2D eigenvalue weighted by Gasteiger charge is 2.07. The molecule has 0 spiro atoms. The molecule has 0 aromatic rings. The zero-order valence-electron chi connectivity index (χ0n) is 7.19. The molecule has 82 valence electrons. The van der Waals surface area contributed by atoms with E-state index >= 15 is 0 Å². The molecule has 0 saturated heterocycles. The molecule has 8 heteroatoms. The third kappa shape index (κ3) is 9.43. The van der Waals surface area contributed by atoms with E-state index in [-0.39, 0.29) is 19.4 Å². The van der Waals surface area contributed by atoms with Gasteiger partial charge in [0.2, 0.25) is 11.1 Å². The van der Waals surface area contributed by atoms with Gasteiger partial charge in [0.05, 0.1) is 5.75 Å². The van der Waals surface area contributed by atoms with Crippen LogP contribution in [-0.4, -0.2) is 36.4 Å². The van der Waals surface area contributed by atoms with Crippen LogP contribution in [0.25, 0.3) is 0 Å². The van der Waals surface area contributed by atoms with Gasteiger partial charge >= 0.3 is 0 Å². The summed E-state index contributed by atoms with van der Waals surface area (Å²) in [6.45, 7) is -0.186. The summed E-state index contributed by atoms with van der Waals surface area (Å²) in [5, 5.41) is 1.58. The molecule has 0 aliphatic heterocycles. The molecule has 0 bridgehead atoms. The largest absolute Gasteiger partial charge is 0.355 e. The van der Waals surface area contributed by atoms with Crippen molar-refractivity contribution >= 4 is 32.9 Å². The normalized spacial score (nSPS) is 11.0. The fourth-order valence-electron chi connectivity index (χ4n) is 0.620. The van der Waals surface area contributed by atoms with Gasteiger partial charge in [-0.1, -0.05) is 0 Å². The molecule has 0 atom stereocenters. The second-order valence-electron chi connectivity index (χ2n) is 2.49. The molecular weight excluding hydrogens is 234 g/mol. The minimum atomic E-state index is -4.06. The first-order valence-electron chi connectivity index (χ1n) is 3.71. The number of carbonyl (C=O) groups excluding carboxylic acids is 2. The van der Waals surface area contributed by atoms with Crippen LogP contribution in [0.1, 0.15) is 12.8 Å². The summed E-state index contributed by atoms with van der Waals surface area (Å²) in [6.07, 6.45) is -0.187. The zero-order chi connectivity index (χ0) is 11.2. The number of amides is 1. The van der Waals surface area contributed by atoms with E-state index in [1.165, 1.54) is 0 Å². The summed E-state index contributed by atoms with van der Waals surface area (Å²) >= 11 is 4.97. The van der Waals surface area contributed by atoms with Crippen LogP contribution in [-0.2, 0) is 19.7 Å². The van der Waals surface area contributed by atoms with Crippen LogP contribution in [0.4, 0.5) is 0 Å². The van der Waals surface area contributed by atoms with E-state index in [4.69, 9.17) is 16.2 Å². The van der Waals surface area contributed by atoms with E-state index in [1.807, 2.05) is 0 Å². The monoisotopic (exact) mass is 243 g/mol. The van der Waals surface area contributed by atoms with Gasteiger partial charge in [0.1, 0.15) is 0 Å². The van der Waals surface area contributed by atoms with Gasteiger partial charge in [0, 0.05) is 19.4 Å². The maximum atomic E-state index is 10.8. The van der Waals surface area contributed by atoms with Crippen molar-refractivity contribution in [1.82, 2.24) is 5.32 Å². The Morgan fingerprint density at radius 2 is 1.86 bits per heavy atom. The number of rotatable bonds is 6. The Morgan fingerprint density at radius 1 is 1.29 bits per heavy atom. The number of halogens is 1. The van der Waals surface area contributed by atoms with Crippen LogP contribution >= 0.6 is 11.6 Å². The Labute approximate surface area is 86.4 Å². The Kier molecular flexibility index (Phi) is 5.66. The van der Waals surface area contributed by atoms with Crippen molar-refractivity contribution in [3.05, 3.63) is 0 Å². The van der Waals surface area contributed by atoms with E-state index < -0.39 is 27.0 Å². The summed E-state index contributed by atoms with van der Waals surface area (Å²) < 4.78 is 28.7. The van der Waals surface area contributed by atoms with E-state index in [1.54, 1.807) is 0 Å². The molecule has 14 heavy (non-hydrogen) atoms. The van der Waals surface area contributed by atoms with Crippen molar-refractivity contribution in [2.45, 2.75) is 12.8 Å². The number of nitrogens with one attached hydrogen (secondary N) is 1. The molecular formula is C6H10ClNO5S. The molecule has 0 aliphatic rings. The first-order chi connectivity index (χ1) is 6.31. The molecule has 0 radical (unpaired) electrons. The lowest BCUT2D eigenvalue weighted by Crippen LogP contribution is -2.28. The molecule has 0 fully saturated rings. The molecule has 0 aliphatic carbocycles. The van der Waals surface area contributed by atoms with Gasteiger partial charge < -0.3 is 5.32 Å². The Hall–Kier alpha value is -0.660. The summed E-state index contributed by atoms with van der Waals surface area (Å²) in [5.74, 6) is -1.03. The topological polar surface area (TPSA) is 101 Å². The highest BCUT2D eigenvalue weighted by Crippen LogP contribution is 1.93. The predicted octanol–water partition coefficient (Wildman–Crippen LogP) is -0.464. The van der Waals surface area contributed by atoms with Crippen molar-refractivity contribution in [1.29, 1.82) is 0 Å². The molecule has 0 aromatic carbocycles. The molecule has 1 amide bonds. The van der Waals surface area contributed by atoms with E-state index in [0.29, 0.717) is 0 Å². The Morgan fingerprint density at radius 3 is 2.29 bits per heavy atom. The summed E-state index contributed by atoms with van der Waals surface area (Å²) in [5.41, 5.74) is 0. The summed E-state index contributed by atoms with van der Waals surface area (Å²) in [6, 6.07) is 0. The quantitative estimate of drug-likeness (QED) is 0.486. The molecule has 0 saturated carbocycles. The molecule has 0 unspecified atom stereocenters. The second-order valence-corrected chi connectivity index (χ2v) is 4.48. The predicted molar refractivity (Wildman–Crippen MR) is 49.5 cm³/mol. The third-order valence-electron chi connectivity index (χ3n) is 1.23. The summed E-state index contributed by atoms with van der Waals surface area (Å²) in [4.78, 5) is 21.1. The average molecular weight is 244 g/mol. The fourth-order valence-corrected chi connectivity index (χ4v) is 1.07. The van der Waals surface area contributed by atoms with Crippen molar-refractivity contribution < 1.29 is 22.6 Å². The summed E-state index contributed by atoms with van der Waals surface area (Å²) in [7, 11) is -4.06. The van der Waals surface area contributed by atoms with Crippen molar-refractivity contribution in [3.8, 4) is 0 Å². The maximum Gasteiger partial charge on any atom is 0.266 e. The zero-order valence-corrected chi connectivity index (χ0v) is 8.77. The lowest BCUT2D eigenvalue weighted by molar-refractivity contribution is -0.123. The number of hydrogen-bond donors (Lipinski definition) is 2. The van der Waals surface area contributed by atoms with Crippen LogP contribution in [0.5, 0.6) is 0 Å². The van der Waals surface area contributed by atoms with Crippen LogP contribution in [0.2, 0.25) is 0 Å². The van der Waals surface area contributed by atoms with Gasteiger partial charge in [-0.2, -0.15) is 8.42 Å². The molecule has 0 heterocycles. The highest BCUT2D eigenvalue weighted by molar-refractivity contribution is 7.85. The van der Waals surface area contributed by atoms with E-state index in [0.717, 1.165) is 0 Å². The highest BCUT2D eigenvalue weighted by atomic mass is 35.5. The van der Waals surface area contributed by atoms with Gasteiger partial charge in [-0.25, -0.2) is 0 Å². The van der Waals surface area contributed by atoms with Gasteiger partial charge in [-0.15, -0.1) is 0 Å². The van der Waals surface area contributed by atoms with Gasteiger partial charge in [-0.05, 0) is 11.6 Å². The second kappa shape index (κ2) is 5.94. The van der Waals surface area contributed by atoms with Crippen molar-refractivity contribution in [3.63, 3.8) is 0 Å². The van der Waals surface area contributed by atoms with E-state index in [2.05, 4.69) is 5.32 Å². The average Bonchev–Trinajstić information content (AvgIpc) is 1.98. The Bertz CT molecular complexity index is 312. The third-order valence-corrected chi connectivity index (χ3v) is 2.14. The first-order valence-corrected chi connectivity index (χ1v) is 5.70. The number of carbonyl (C=O) groups is 2. The van der Waals surface area contributed by atoms with Gasteiger partial charge in [0.25, 0.3) is 10.1 Å². The van der Waals surface area contributed by atoms with E-state index in [9.17, 15) is 18.0 Å². The van der Waals surface area contributed by atoms with Gasteiger partial charge in [-0.3, -0.25) is 14.1 Å². The lowest BCUT2D eigenvalue weighted by Gasteiger charge is -2.01. The minimum absolute atomic E-state index is 0.0895. The van der Waals surface area contributed by atoms with Crippen LogP contribution in [0.3, 0.4) is 0 Å². The lowest BCUT2D eigenvalue weighted by atomic mass is 10.3. The van der Waals surface area contributed by atoms with Crippen LogP contribution in [0.15, 0.2) is 0 Å². The fraction of sp³-hybridized carbons (Fsp3) is 0.667. The smallest absolute Gasteiger partial charge is 0.266 e. The molecule has 2 N–H and O–H groups in total. The molecule has 6 nitrogen and oxygen atoms in total. The molecule has 0 rings (SSSR count). The van der Waals surface area contributed by atoms with Crippen molar-refractivity contribution in [2.24, 2.45) is 0 Å². The standard InChI is InChI=1S/C6H10ClNO5S/c7-5(9)1-2-6(10)8-3-4-14(11,12)13/h1-4H2,(H,8,10)(H,11,12,13). The van der Waals surface area contributed by atoms with Crippen LogP contribution in [0, 0.1) is 0 Å². The number of hydrogen-bond acceptors (Lipinski definition) is 4. The van der Waals surface area contributed by atoms with Crippen LogP contribution < -0.4 is 5.32 Å².